The maximum absolute atomic E-state index is 10.9. The van der Waals surface area contributed by atoms with Gasteiger partial charge >= 0.3 is 0 Å². The first-order valence-corrected chi connectivity index (χ1v) is 12.1. The van der Waals surface area contributed by atoms with Crippen LogP contribution in [0.5, 0.6) is 0 Å². The van der Waals surface area contributed by atoms with E-state index < -0.39 is 0 Å². The molecule has 0 saturated heterocycles. The second-order valence-electron chi connectivity index (χ2n) is 15.0. The van der Waals surface area contributed by atoms with Gasteiger partial charge in [-0.2, -0.15) is 0 Å². The molecule has 6 aliphatic rings. The number of rotatable bonds is 2. The molecule has 0 aromatic rings. The number of hydrogen-bond donors (Lipinski definition) is 1. The molecule has 6 fully saturated rings. The van der Waals surface area contributed by atoms with Crippen molar-refractivity contribution in [2.75, 3.05) is 0 Å². The second kappa shape index (κ2) is 3.51. The van der Waals surface area contributed by atoms with Crippen molar-refractivity contribution in [3.8, 4) is 0 Å². The first-order valence-electron chi connectivity index (χ1n) is 12.1. The van der Waals surface area contributed by atoms with Crippen molar-refractivity contribution in [2.45, 2.75) is 108 Å². The maximum atomic E-state index is 10.9. The highest BCUT2D eigenvalue weighted by molar-refractivity contribution is 5.73. The largest absolute Gasteiger partial charge is 0.393 e. The molecular weight excluding hydrogens is 340 g/mol. The Morgan fingerprint density at radius 3 is 1.32 bits per heavy atom. The highest BCUT2D eigenvalue weighted by Crippen LogP contribution is 3.30. The lowest BCUT2D eigenvalue weighted by Crippen LogP contribution is -2.22. The van der Waals surface area contributed by atoms with Crippen molar-refractivity contribution in [1.29, 1.82) is 0 Å². The third kappa shape index (κ3) is 0.888. The van der Waals surface area contributed by atoms with E-state index >= 15 is 0 Å². The first-order chi connectivity index (χ1) is 12.4. The second-order valence-corrected chi connectivity index (χ2v) is 15.0. The van der Waals surface area contributed by atoms with Crippen molar-refractivity contribution < 1.29 is 5.11 Å². The van der Waals surface area contributed by atoms with Gasteiger partial charge < -0.3 is 5.11 Å². The van der Waals surface area contributed by atoms with E-state index in [0.29, 0.717) is 54.1 Å². The average Bonchev–Trinajstić information content (AvgIpc) is 3.41. The highest BCUT2D eigenvalue weighted by atomic mass is 16.3. The summed E-state index contributed by atoms with van der Waals surface area (Å²) in [6.07, 6.45) is 3.64. The van der Waals surface area contributed by atoms with Crippen LogP contribution in [0.1, 0.15) is 102 Å². The summed E-state index contributed by atoms with van der Waals surface area (Å²) in [5, 5.41) is 10.9. The predicted molar refractivity (Wildman–Crippen MR) is 115 cm³/mol. The Morgan fingerprint density at radius 1 is 0.643 bits per heavy atom. The van der Waals surface area contributed by atoms with Gasteiger partial charge in [-0.15, -0.1) is 0 Å². The van der Waals surface area contributed by atoms with Crippen LogP contribution in [0.4, 0.5) is 0 Å². The molecule has 0 aromatic carbocycles. The van der Waals surface area contributed by atoms with E-state index in [-0.39, 0.29) is 11.5 Å². The summed E-state index contributed by atoms with van der Waals surface area (Å²) < 4.78 is 0. The van der Waals surface area contributed by atoms with Crippen LogP contribution in [0.15, 0.2) is 0 Å². The van der Waals surface area contributed by atoms with E-state index in [1.807, 2.05) is 0 Å². The van der Waals surface area contributed by atoms with E-state index in [2.05, 4.69) is 83.1 Å². The van der Waals surface area contributed by atoms with Gasteiger partial charge in [0.25, 0.3) is 0 Å². The fourth-order valence-electron chi connectivity index (χ4n) is 15.2. The van der Waals surface area contributed by atoms with Crippen LogP contribution < -0.4 is 0 Å². The quantitative estimate of drug-likeness (QED) is 0.562. The van der Waals surface area contributed by atoms with Gasteiger partial charge in [-0.3, -0.25) is 0 Å². The smallest absolute Gasteiger partial charge is 0.0574 e. The summed E-state index contributed by atoms with van der Waals surface area (Å²) in [6, 6.07) is 0. The summed E-state index contributed by atoms with van der Waals surface area (Å²) in [5.41, 5.74) is 4.49. The van der Waals surface area contributed by atoms with Crippen molar-refractivity contribution in [3.63, 3.8) is 0 Å². The van der Waals surface area contributed by atoms with Gasteiger partial charge in [0.15, 0.2) is 0 Å². The molecule has 5 spiro atoms. The summed E-state index contributed by atoms with van der Waals surface area (Å²) >= 11 is 0. The zero-order chi connectivity index (χ0) is 21.2. The normalized spacial score (nSPS) is 63.8. The lowest BCUT2D eigenvalue weighted by atomic mass is 9.89. The molecule has 0 bridgehead atoms. The fourth-order valence-corrected chi connectivity index (χ4v) is 15.2. The molecule has 6 rings (SSSR count). The molecule has 6 aliphatic carbocycles. The summed E-state index contributed by atoms with van der Waals surface area (Å²) in [4.78, 5) is 0. The Balaban J connectivity index is 1.58. The summed E-state index contributed by atoms with van der Waals surface area (Å²) in [6.45, 7) is 30.5. The molecule has 28 heavy (non-hydrogen) atoms. The lowest BCUT2D eigenvalue weighted by Gasteiger charge is -2.20. The van der Waals surface area contributed by atoms with E-state index in [4.69, 9.17) is 0 Å². The highest BCUT2D eigenvalue weighted by Gasteiger charge is 3.27. The van der Waals surface area contributed by atoms with Crippen molar-refractivity contribution in [1.82, 2.24) is 0 Å². The zero-order valence-corrected chi connectivity index (χ0v) is 20.6. The minimum absolute atomic E-state index is 0.155. The molecule has 7 atom stereocenters. The Bertz CT molecular complexity index is 873. The fraction of sp³-hybridized carbons (Fsp3) is 1.00. The molecular formula is C27H44O. The summed E-state index contributed by atoms with van der Waals surface area (Å²) in [5.74, 6) is 0. The number of aliphatic hydroxyl groups is 1. The van der Waals surface area contributed by atoms with Crippen LogP contribution in [-0.4, -0.2) is 11.2 Å². The molecule has 0 heterocycles. The molecule has 158 valence electrons. The SMILES string of the molecule is CCC1(C(C)O)CC12C(C)(C)C21C(C)(C)C12C(C)(C)C21C(C)(C)C12CC2(C)C. The van der Waals surface area contributed by atoms with Gasteiger partial charge in [-0.05, 0) is 80.3 Å². The van der Waals surface area contributed by atoms with Gasteiger partial charge in [0, 0.05) is 5.41 Å². The van der Waals surface area contributed by atoms with Gasteiger partial charge in [0.1, 0.15) is 0 Å². The van der Waals surface area contributed by atoms with Crippen LogP contribution in [0.25, 0.3) is 0 Å². The van der Waals surface area contributed by atoms with Crippen LogP contribution in [0.2, 0.25) is 0 Å². The van der Waals surface area contributed by atoms with Crippen LogP contribution >= 0.6 is 0 Å². The Labute approximate surface area is 173 Å². The predicted octanol–water partition coefficient (Wildman–Crippen LogP) is 6.69. The lowest BCUT2D eigenvalue weighted by molar-refractivity contribution is 0.0856. The third-order valence-electron chi connectivity index (χ3n) is 14.4. The topological polar surface area (TPSA) is 20.2 Å². The van der Waals surface area contributed by atoms with E-state index in [1.54, 1.807) is 0 Å². The molecule has 1 N–H and O–H groups in total. The first kappa shape index (κ1) is 18.7. The maximum Gasteiger partial charge on any atom is 0.0574 e. The van der Waals surface area contributed by atoms with Gasteiger partial charge in [-0.25, -0.2) is 0 Å². The van der Waals surface area contributed by atoms with Crippen LogP contribution in [0, 0.1) is 59.6 Å². The number of fused-ring (bicyclic) bond motifs is 4. The molecule has 0 aliphatic heterocycles. The minimum atomic E-state index is -0.180. The number of hydrogen-bond acceptors (Lipinski definition) is 1. The molecule has 0 aromatic heterocycles. The van der Waals surface area contributed by atoms with Crippen LogP contribution in [0.3, 0.4) is 0 Å². The Hall–Kier alpha value is -0.0400. The third-order valence-corrected chi connectivity index (χ3v) is 14.4. The van der Waals surface area contributed by atoms with Crippen molar-refractivity contribution in [3.05, 3.63) is 0 Å². The standard InChI is InChI=1S/C27H44O/c1-13-22(16(2)28)15-24(22)19(7,8)26(24)21(11,12)27(26)20(9,10)25(27)18(5,6)23(25)14-17(23,3)4/h16,28H,13-15H2,1-12H3. The zero-order valence-electron chi connectivity index (χ0n) is 20.6. The summed E-state index contributed by atoms with van der Waals surface area (Å²) in [7, 11) is 0. The van der Waals surface area contributed by atoms with E-state index in [1.165, 1.54) is 12.8 Å². The minimum Gasteiger partial charge on any atom is -0.393 e. The molecule has 1 heteroatoms. The van der Waals surface area contributed by atoms with Gasteiger partial charge in [0.2, 0.25) is 0 Å². The van der Waals surface area contributed by atoms with E-state index in [9.17, 15) is 5.11 Å². The van der Waals surface area contributed by atoms with E-state index in [0.717, 1.165) is 6.42 Å². The van der Waals surface area contributed by atoms with Crippen molar-refractivity contribution >= 4 is 0 Å². The molecule has 6 saturated carbocycles. The van der Waals surface area contributed by atoms with Gasteiger partial charge in [-0.1, -0.05) is 76.2 Å². The van der Waals surface area contributed by atoms with Gasteiger partial charge in [0.05, 0.1) is 6.10 Å². The molecule has 0 radical (unpaired) electrons. The monoisotopic (exact) mass is 384 g/mol. The molecule has 7 unspecified atom stereocenters. The Morgan fingerprint density at radius 2 is 1.04 bits per heavy atom. The Kier molecular flexibility index (Phi) is 2.34. The number of aliphatic hydroxyl groups excluding tert-OH is 1. The van der Waals surface area contributed by atoms with Crippen LogP contribution in [-0.2, 0) is 0 Å². The molecule has 0 amide bonds. The molecule has 1 nitrogen and oxygen atoms in total. The average molecular weight is 385 g/mol. The van der Waals surface area contributed by atoms with Crippen molar-refractivity contribution in [2.24, 2.45) is 59.6 Å².